The number of nitrogens with zero attached hydrogens (tertiary/aromatic N) is 5. The monoisotopic (exact) mass is 527 g/mol. The number of pyridine rings is 1. The molecule has 1 saturated heterocycles. The number of fused-ring (bicyclic) bond motifs is 1. The fourth-order valence-electron chi connectivity index (χ4n) is 5.05. The molecule has 1 aliphatic rings. The largest absolute Gasteiger partial charge is 0.505 e. The Hall–Kier alpha value is -4.40. The SMILES string of the molecule is CCCCOc1ccc(C2C(=C(O)c3nc4c(C)cccn4c3C)C(=O)C(=O)N2CCCn2ccnc2)cc1. The number of unbranched alkanes of at least 4 members (excludes halogenated alkanes) is 1. The zero-order valence-corrected chi connectivity index (χ0v) is 22.5. The third-order valence-electron chi connectivity index (χ3n) is 7.19. The van der Waals surface area contributed by atoms with Crippen molar-refractivity contribution in [1.29, 1.82) is 0 Å². The zero-order chi connectivity index (χ0) is 27.5. The van der Waals surface area contributed by atoms with Crippen LogP contribution in [0, 0.1) is 13.8 Å². The molecule has 1 N–H and O–H groups in total. The Labute approximate surface area is 227 Å². The zero-order valence-electron chi connectivity index (χ0n) is 22.5. The number of amides is 1. The van der Waals surface area contributed by atoms with E-state index in [1.54, 1.807) is 17.4 Å². The van der Waals surface area contributed by atoms with E-state index in [0.717, 1.165) is 29.7 Å². The molecule has 0 saturated carbocycles. The highest BCUT2D eigenvalue weighted by atomic mass is 16.5. The summed E-state index contributed by atoms with van der Waals surface area (Å²) in [4.78, 5) is 37.1. The van der Waals surface area contributed by atoms with Gasteiger partial charge in [-0.25, -0.2) is 9.97 Å². The third-order valence-corrected chi connectivity index (χ3v) is 7.19. The topological polar surface area (TPSA) is 102 Å². The van der Waals surface area contributed by atoms with E-state index >= 15 is 0 Å². The summed E-state index contributed by atoms with van der Waals surface area (Å²) < 4.78 is 9.62. The summed E-state index contributed by atoms with van der Waals surface area (Å²) in [6, 6.07) is 10.5. The van der Waals surface area contributed by atoms with E-state index in [4.69, 9.17) is 4.74 Å². The van der Waals surface area contributed by atoms with E-state index in [1.807, 2.05) is 71.6 Å². The van der Waals surface area contributed by atoms with Crippen LogP contribution in [0.15, 0.2) is 66.9 Å². The van der Waals surface area contributed by atoms with E-state index in [1.165, 1.54) is 0 Å². The molecule has 5 rings (SSSR count). The maximum absolute atomic E-state index is 13.5. The molecule has 1 aromatic carbocycles. The minimum Gasteiger partial charge on any atom is -0.505 e. The number of hydrogen-bond acceptors (Lipinski definition) is 6. The molecule has 1 atom stereocenters. The molecule has 4 heterocycles. The summed E-state index contributed by atoms with van der Waals surface area (Å²) in [5.41, 5.74) is 3.39. The van der Waals surface area contributed by atoms with Crippen LogP contribution < -0.4 is 4.74 Å². The van der Waals surface area contributed by atoms with Gasteiger partial charge in [0.1, 0.15) is 17.1 Å². The van der Waals surface area contributed by atoms with Crippen LogP contribution in [0.5, 0.6) is 5.75 Å². The van der Waals surface area contributed by atoms with Gasteiger partial charge in [0.2, 0.25) is 0 Å². The summed E-state index contributed by atoms with van der Waals surface area (Å²) in [6.07, 6.45) is 9.75. The van der Waals surface area contributed by atoms with Crippen molar-refractivity contribution in [2.24, 2.45) is 0 Å². The molecular weight excluding hydrogens is 494 g/mol. The van der Waals surface area contributed by atoms with Gasteiger partial charge in [0.05, 0.1) is 30.2 Å². The van der Waals surface area contributed by atoms with Gasteiger partial charge in [-0.15, -0.1) is 0 Å². The highest BCUT2D eigenvalue weighted by molar-refractivity contribution is 6.46. The van der Waals surface area contributed by atoms with Gasteiger partial charge in [0.15, 0.2) is 5.76 Å². The molecule has 0 aliphatic carbocycles. The molecule has 202 valence electrons. The van der Waals surface area contributed by atoms with Crippen LogP contribution in [0.3, 0.4) is 0 Å². The van der Waals surface area contributed by atoms with Crippen LogP contribution in [0.2, 0.25) is 0 Å². The molecule has 9 nitrogen and oxygen atoms in total. The predicted octanol–water partition coefficient (Wildman–Crippen LogP) is 4.84. The summed E-state index contributed by atoms with van der Waals surface area (Å²) in [6.45, 7) is 7.48. The standard InChI is InChI=1S/C30H33N5O4/c1-4-5-18-39-23-11-9-22(10-12-23)26-24(27(36)25-21(3)34-15-6-8-20(2)29(34)32-25)28(37)30(38)35(26)16-7-14-33-17-13-31-19-33/h6,8-13,15,17,19,26,36H,4-5,7,14,16,18H2,1-3H3. The van der Waals surface area contributed by atoms with Crippen LogP contribution >= 0.6 is 0 Å². The average Bonchev–Trinajstić information content (AvgIpc) is 3.64. The van der Waals surface area contributed by atoms with Gasteiger partial charge < -0.3 is 23.7 Å². The number of hydrogen-bond donors (Lipinski definition) is 1. The molecular formula is C30H33N5O4. The second-order valence-corrected chi connectivity index (χ2v) is 9.85. The van der Waals surface area contributed by atoms with E-state index in [9.17, 15) is 14.7 Å². The molecule has 0 spiro atoms. The van der Waals surface area contributed by atoms with E-state index < -0.39 is 17.7 Å². The van der Waals surface area contributed by atoms with Crippen molar-refractivity contribution in [3.63, 3.8) is 0 Å². The lowest BCUT2D eigenvalue weighted by molar-refractivity contribution is -0.139. The number of aromatic nitrogens is 4. The molecule has 0 radical (unpaired) electrons. The summed E-state index contributed by atoms with van der Waals surface area (Å²) >= 11 is 0. The number of benzene rings is 1. The number of likely N-dealkylation sites (tertiary alicyclic amines) is 1. The van der Waals surface area contributed by atoms with Crippen LogP contribution in [0.1, 0.15) is 54.7 Å². The van der Waals surface area contributed by atoms with Crippen LogP contribution in [-0.2, 0) is 16.1 Å². The van der Waals surface area contributed by atoms with Crippen molar-refractivity contribution >= 4 is 23.1 Å². The van der Waals surface area contributed by atoms with E-state index in [0.29, 0.717) is 43.2 Å². The first-order valence-electron chi connectivity index (χ1n) is 13.3. The number of rotatable bonds is 10. The van der Waals surface area contributed by atoms with E-state index in [2.05, 4.69) is 16.9 Å². The van der Waals surface area contributed by atoms with E-state index in [-0.39, 0.29) is 11.3 Å². The maximum atomic E-state index is 13.5. The average molecular weight is 528 g/mol. The minimum absolute atomic E-state index is 0.0476. The highest BCUT2D eigenvalue weighted by Crippen LogP contribution is 2.40. The number of ketones is 1. The number of Topliss-reactive ketones (excluding diaryl/α,β-unsaturated/α-hetero) is 1. The van der Waals surface area contributed by atoms with Gasteiger partial charge in [-0.05, 0) is 56.0 Å². The molecule has 0 bridgehead atoms. The van der Waals surface area contributed by atoms with Gasteiger partial charge in [0.25, 0.3) is 11.7 Å². The first kappa shape index (κ1) is 26.2. The third kappa shape index (κ3) is 5.04. The first-order chi connectivity index (χ1) is 18.9. The van der Waals surface area contributed by atoms with Crippen molar-refractivity contribution in [1.82, 2.24) is 23.8 Å². The van der Waals surface area contributed by atoms with Crippen molar-refractivity contribution in [2.75, 3.05) is 13.2 Å². The van der Waals surface area contributed by atoms with Gasteiger partial charge in [-0.2, -0.15) is 0 Å². The first-order valence-corrected chi connectivity index (χ1v) is 13.3. The number of aryl methyl sites for hydroxylation is 3. The lowest BCUT2D eigenvalue weighted by Crippen LogP contribution is -2.31. The summed E-state index contributed by atoms with van der Waals surface area (Å²) in [5, 5.41) is 11.6. The highest BCUT2D eigenvalue weighted by Gasteiger charge is 2.46. The number of carbonyl (C=O) groups is 2. The molecule has 1 fully saturated rings. The molecule has 1 aliphatic heterocycles. The Balaban J connectivity index is 1.55. The fraction of sp³-hybridized carbons (Fsp3) is 0.333. The maximum Gasteiger partial charge on any atom is 0.295 e. The molecule has 3 aromatic heterocycles. The second kappa shape index (κ2) is 11.1. The number of aliphatic hydroxyl groups is 1. The smallest absolute Gasteiger partial charge is 0.295 e. The number of imidazole rings is 2. The lowest BCUT2D eigenvalue weighted by Gasteiger charge is -2.25. The Morgan fingerprint density at radius 2 is 1.85 bits per heavy atom. The number of ether oxygens (including phenoxy) is 1. The Morgan fingerprint density at radius 3 is 2.54 bits per heavy atom. The normalized spacial score (nSPS) is 16.9. The van der Waals surface area contributed by atoms with Crippen molar-refractivity contribution in [3.8, 4) is 5.75 Å². The van der Waals surface area contributed by atoms with Gasteiger partial charge in [0, 0.05) is 31.7 Å². The Morgan fingerprint density at radius 1 is 1.05 bits per heavy atom. The second-order valence-electron chi connectivity index (χ2n) is 9.85. The fourth-order valence-corrected chi connectivity index (χ4v) is 5.05. The molecule has 1 amide bonds. The lowest BCUT2D eigenvalue weighted by atomic mass is 9.96. The van der Waals surface area contributed by atoms with Gasteiger partial charge in [-0.3, -0.25) is 9.59 Å². The van der Waals surface area contributed by atoms with Crippen molar-refractivity contribution < 1.29 is 19.4 Å². The van der Waals surface area contributed by atoms with Gasteiger partial charge in [-0.1, -0.05) is 31.5 Å². The number of aliphatic hydroxyl groups excluding tert-OH is 1. The molecule has 9 heteroatoms. The Bertz CT molecular complexity index is 1520. The van der Waals surface area contributed by atoms with Crippen LogP contribution in [0.4, 0.5) is 0 Å². The molecule has 39 heavy (non-hydrogen) atoms. The Kier molecular flexibility index (Phi) is 7.49. The van der Waals surface area contributed by atoms with Crippen LogP contribution in [-0.4, -0.2) is 53.8 Å². The summed E-state index contributed by atoms with van der Waals surface area (Å²) in [5.74, 6) is -0.889. The predicted molar refractivity (Wildman–Crippen MR) is 147 cm³/mol. The van der Waals surface area contributed by atoms with Crippen LogP contribution in [0.25, 0.3) is 11.4 Å². The summed E-state index contributed by atoms with van der Waals surface area (Å²) in [7, 11) is 0. The quantitative estimate of drug-likeness (QED) is 0.137. The van der Waals surface area contributed by atoms with Gasteiger partial charge >= 0.3 is 0 Å². The minimum atomic E-state index is -0.747. The molecule has 1 unspecified atom stereocenters. The molecule has 4 aromatic rings. The number of carbonyl (C=O) groups excluding carboxylic acids is 2. The van der Waals surface area contributed by atoms with Crippen molar-refractivity contribution in [3.05, 3.63) is 89.4 Å². The van der Waals surface area contributed by atoms with Crippen molar-refractivity contribution in [2.45, 2.75) is 52.6 Å².